The fourth-order valence-electron chi connectivity index (χ4n) is 5.40. The summed E-state index contributed by atoms with van der Waals surface area (Å²) in [5, 5.41) is 18.5. The molecule has 1 amide bonds. The number of methoxy groups -OCH3 is 2. The van der Waals surface area contributed by atoms with Crippen molar-refractivity contribution >= 4 is 53.6 Å². The summed E-state index contributed by atoms with van der Waals surface area (Å²) in [5.74, 6) is 3.24. The van der Waals surface area contributed by atoms with Gasteiger partial charge in [0.15, 0.2) is 0 Å². The van der Waals surface area contributed by atoms with Crippen LogP contribution in [-0.2, 0) is 20.9 Å². The van der Waals surface area contributed by atoms with Gasteiger partial charge in [0.1, 0.15) is 24.5 Å². The molecule has 4 N–H and O–H groups in total. The molecule has 0 aliphatic carbocycles. The van der Waals surface area contributed by atoms with Crippen molar-refractivity contribution in [3.8, 4) is 17.6 Å². The number of anilines is 2. The van der Waals surface area contributed by atoms with E-state index in [4.69, 9.17) is 4.74 Å². The summed E-state index contributed by atoms with van der Waals surface area (Å²) in [7, 11) is 4.37. The average molecular weight is 710 g/mol. The van der Waals surface area contributed by atoms with Gasteiger partial charge in [0.2, 0.25) is 0 Å². The minimum Gasteiger partial charge on any atom is -0.495 e. The molecule has 3 atom stereocenters. The highest BCUT2D eigenvalue weighted by Gasteiger charge is 2.31. The number of alkyl halides is 4. The van der Waals surface area contributed by atoms with Crippen LogP contribution in [0.3, 0.4) is 0 Å². The number of ether oxygens (including phenoxy) is 2. The third kappa shape index (κ3) is 10.4. The van der Waals surface area contributed by atoms with Crippen molar-refractivity contribution in [1.29, 1.82) is 0 Å². The third-order valence-electron chi connectivity index (χ3n) is 7.88. The largest absolute Gasteiger partial charge is 0.495 e. The van der Waals surface area contributed by atoms with E-state index in [2.05, 4.69) is 32.5 Å². The number of hydrogen-bond acceptors (Lipinski definition) is 8. The molecule has 0 saturated carbocycles. The summed E-state index contributed by atoms with van der Waals surface area (Å²) < 4.78 is 66.6. The molecule has 1 aliphatic rings. The number of carbonyl (C=O) groups is 3. The molecule has 2 heterocycles. The molecule has 2 aromatic carbocycles. The van der Waals surface area contributed by atoms with Gasteiger partial charge in [0.05, 0.1) is 43.7 Å². The maximum absolute atomic E-state index is 14.7. The van der Waals surface area contributed by atoms with Crippen molar-refractivity contribution in [2.45, 2.75) is 50.2 Å². The topological polar surface area (TPSA) is 134 Å². The van der Waals surface area contributed by atoms with Crippen molar-refractivity contribution in [2.75, 3.05) is 51.5 Å². The number of piperidine rings is 1. The highest BCUT2D eigenvalue weighted by molar-refractivity contribution is 7.59. The number of carbonyl (C=O) groups excluding carboxylic acids is 2. The Morgan fingerprint density at radius 2 is 1.88 bits per heavy atom. The van der Waals surface area contributed by atoms with Crippen molar-refractivity contribution in [3.05, 3.63) is 53.7 Å². The number of nitrogens with one attached hydrogen (secondary N) is 3. The second-order valence-electron chi connectivity index (χ2n) is 11.3. The smallest absolute Gasteiger partial charge is 0.406 e. The molecule has 1 fully saturated rings. The minimum atomic E-state index is -4.52. The SMILES string of the molecule is COC(=O)CC[C@H](NC(=O)c1ccc(NCC#Cc2cc3c(N[C@@H]4CCN(C)C[C@@H]4F)cccc3n2CC(F)(F)F)c(OC)c1)C(=O)O.S. The van der Waals surface area contributed by atoms with E-state index in [0.717, 1.165) is 4.57 Å². The quantitative estimate of drug-likeness (QED) is 0.123. The van der Waals surface area contributed by atoms with Gasteiger partial charge in [-0.25, -0.2) is 9.18 Å². The molecule has 4 rings (SSSR count). The second-order valence-corrected chi connectivity index (χ2v) is 11.3. The zero-order valence-corrected chi connectivity index (χ0v) is 28.1. The summed E-state index contributed by atoms with van der Waals surface area (Å²) in [4.78, 5) is 37.6. The van der Waals surface area contributed by atoms with Crippen molar-refractivity contribution in [1.82, 2.24) is 14.8 Å². The van der Waals surface area contributed by atoms with Gasteiger partial charge in [-0.05, 0) is 62.2 Å². The van der Waals surface area contributed by atoms with Crippen LogP contribution >= 0.6 is 13.5 Å². The number of halogens is 4. The number of amides is 1. The molecule has 49 heavy (non-hydrogen) atoms. The Labute approximate surface area is 287 Å². The summed E-state index contributed by atoms with van der Waals surface area (Å²) in [6, 6.07) is 8.98. The van der Waals surface area contributed by atoms with Crippen molar-refractivity contribution in [2.24, 2.45) is 0 Å². The number of fused-ring (bicyclic) bond motifs is 1. The highest BCUT2D eigenvalue weighted by Crippen LogP contribution is 2.32. The summed E-state index contributed by atoms with van der Waals surface area (Å²) in [5.41, 5.74) is 1.47. The Bertz CT molecular complexity index is 1710. The van der Waals surface area contributed by atoms with E-state index in [1.807, 2.05) is 11.9 Å². The number of aliphatic carboxylic acids is 1. The van der Waals surface area contributed by atoms with Crippen LogP contribution in [0.2, 0.25) is 0 Å². The Hall–Kier alpha value is -4.62. The van der Waals surface area contributed by atoms with E-state index in [0.29, 0.717) is 35.2 Å². The molecule has 1 saturated heterocycles. The zero-order chi connectivity index (χ0) is 35.0. The fraction of sp³-hybridized carbons (Fsp3) is 0.424. The highest BCUT2D eigenvalue weighted by atomic mass is 32.1. The number of carboxylic acid groups (broad SMARTS) is 1. The van der Waals surface area contributed by atoms with Crippen LogP contribution in [0.4, 0.5) is 28.9 Å². The van der Waals surface area contributed by atoms with Crippen LogP contribution in [0.25, 0.3) is 10.9 Å². The maximum atomic E-state index is 14.7. The molecule has 0 unspecified atom stereocenters. The minimum absolute atomic E-state index is 0. The van der Waals surface area contributed by atoms with Gasteiger partial charge < -0.3 is 40.0 Å². The van der Waals surface area contributed by atoms with Gasteiger partial charge in [-0.1, -0.05) is 12.0 Å². The molecule has 1 aromatic heterocycles. The van der Waals surface area contributed by atoms with E-state index >= 15 is 0 Å². The summed E-state index contributed by atoms with van der Waals surface area (Å²) in [6.07, 6.45) is -5.48. The van der Waals surface area contributed by atoms with Gasteiger partial charge in [0, 0.05) is 36.1 Å². The first kappa shape index (κ1) is 38.8. The molecule has 0 radical (unpaired) electrons. The zero-order valence-electron chi connectivity index (χ0n) is 27.1. The van der Waals surface area contributed by atoms with Crippen molar-refractivity contribution in [3.63, 3.8) is 0 Å². The predicted molar refractivity (Wildman–Crippen MR) is 181 cm³/mol. The monoisotopic (exact) mass is 709 g/mol. The molecule has 1 aliphatic heterocycles. The first-order valence-electron chi connectivity index (χ1n) is 15.1. The Kier molecular flexibility index (Phi) is 13.6. The number of esters is 1. The van der Waals surface area contributed by atoms with Gasteiger partial charge in [0.25, 0.3) is 5.91 Å². The summed E-state index contributed by atoms with van der Waals surface area (Å²) >= 11 is 0. The number of hydrogen-bond donors (Lipinski definition) is 4. The molecular formula is C33H39F4N5O6S. The van der Waals surface area contributed by atoms with E-state index in [9.17, 15) is 37.1 Å². The molecule has 0 spiro atoms. The van der Waals surface area contributed by atoms with Crippen LogP contribution in [-0.4, -0.2) is 97.8 Å². The molecule has 3 aromatic rings. The number of benzene rings is 2. The van der Waals surface area contributed by atoms with Gasteiger partial charge in [-0.3, -0.25) is 9.59 Å². The van der Waals surface area contributed by atoms with E-state index in [1.165, 1.54) is 32.4 Å². The normalized spacial score (nSPS) is 16.8. The lowest BCUT2D eigenvalue weighted by Crippen LogP contribution is -2.46. The lowest BCUT2D eigenvalue weighted by Gasteiger charge is -2.33. The van der Waals surface area contributed by atoms with Crippen LogP contribution in [0.5, 0.6) is 5.75 Å². The van der Waals surface area contributed by atoms with E-state index < -0.39 is 48.8 Å². The Balaban J connectivity index is 0.00000650. The van der Waals surface area contributed by atoms with Crippen LogP contribution in [0.1, 0.15) is 35.3 Å². The standard InChI is InChI=1S/C33H37F4N5O6.H2S/c1-41-15-13-25(23(34)18-41)39-24-7-4-8-28-22(24)17-21(42(28)19-33(35,36)37)6-5-14-38-26-10-9-20(16-29(26)47-2)31(44)40-27(32(45)46)11-12-30(43)48-3;/h4,7-10,16-17,23,25,27,38-39H,11-15,18-19H2,1-3H3,(H,40,44)(H,45,46);1H2/t23-,25+,27-;/m0./s1. The second kappa shape index (κ2) is 17.2. The maximum Gasteiger partial charge on any atom is 0.406 e. The molecule has 11 nitrogen and oxygen atoms in total. The first-order valence-corrected chi connectivity index (χ1v) is 15.1. The summed E-state index contributed by atoms with van der Waals surface area (Å²) in [6.45, 7) is -0.317. The molecule has 16 heteroatoms. The predicted octanol–water partition coefficient (Wildman–Crippen LogP) is 4.38. The van der Waals surface area contributed by atoms with Crippen LogP contribution < -0.4 is 20.7 Å². The van der Waals surface area contributed by atoms with Gasteiger partial charge >= 0.3 is 18.1 Å². The van der Waals surface area contributed by atoms with Gasteiger partial charge in [-0.2, -0.15) is 26.7 Å². The van der Waals surface area contributed by atoms with Crippen LogP contribution in [0, 0.1) is 11.8 Å². The van der Waals surface area contributed by atoms with Gasteiger partial charge in [-0.15, -0.1) is 0 Å². The number of carboxylic acids is 1. The van der Waals surface area contributed by atoms with E-state index in [-0.39, 0.29) is 56.4 Å². The number of nitrogens with zero attached hydrogens (tertiary/aromatic N) is 2. The lowest BCUT2D eigenvalue weighted by atomic mass is 10.0. The number of aromatic nitrogens is 1. The Morgan fingerprint density at radius 1 is 1.12 bits per heavy atom. The fourth-order valence-corrected chi connectivity index (χ4v) is 5.40. The van der Waals surface area contributed by atoms with Crippen LogP contribution in [0.15, 0.2) is 42.5 Å². The molecular weight excluding hydrogens is 670 g/mol. The third-order valence-corrected chi connectivity index (χ3v) is 7.88. The Morgan fingerprint density at radius 3 is 2.53 bits per heavy atom. The van der Waals surface area contributed by atoms with Crippen molar-refractivity contribution < 1.29 is 46.5 Å². The molecule has 266 valence electrons. The average Bonchev–Trinajstić information content (AvgIpc) is 3.38. The van der Waals surface area contributed by atoms with E-state index in [1.54, 1.807) is 24.3 Å². The number of likely N-dealkylation sites (tertiary alicyclic amines) is 1. The lowest BCUT2D eigenvalue weighted by molar-refractivity contribution is -0.142. The first-order chi connectivity index (χ1) is 22.8. The molecule has 0 bridgehead atoms. The number of rotatable bonds is 12.